The Morgan fingerprint density at radius 2 is 1.91 bits per heavy atom. The summed E-state index contributed by atoms with van der Waals surface area (Å²) in [5.41, 5.74) is 0.463. The summed E-state index contributed by atoms with van der Waals surface area (Å²) in [5.74, 6) is 1.08. The number of likely N-dealkylation sites (tertiary alicyclic amines) is 1. The Labute approximate surface area is 204 Å². The second-order valence-electron chi connectivity index (χ2n) is 9.34. The summed E-state index contributed by atoms with van der Waals surface area (Å²) in [7, 11) is 0. The lowest BCUT2D eigenvalue weighted by molar-refractivity contribution is -0.144. The van der Waals surface area contributed by atoms with Gasteiger partial charge in [0.1, 0.15) is 18.1 Å². The first-order chi connectivity index (χ1) is 16.8. The number of halogens is 3. The third-order valence-corrected chi connectivity index (χ3v) is 6.95. The van der Waals surface area contributed by atoms with Crippen LogP contribution in [-0.2, 0) is 27.7 Å². The van der Waals surface area contributed by atoms with Crippen molar-refractivity contribution in [3.8, 4) is 11.5 Å². The Morgan fingerprint density at radius 1 is 1.14 bits per heavy atom. The molecule has 2 aromatic rings. The number of piperidine rings is 1. The maximum Gasteiger partial charge on any atom is 0.416 e. The van der Waals surface area contributed by atoms with Gasteiger partial charge in [0.15, 0.2) is 0 Å². The van der Waals surface area contributed by atoms with Crippen molar-refractivity contribution in [1.82, 2.24) is 4.90 Å². The Bertz CT molecular complexity index is 1020. The van der Waals surface area contributed by atoms with E-state index in [0.29, 0.717) is 31.9 Å². The van der Waals surface area contributed by atoms with E-state index >= 15 is 0 Å². The molecule has 0 radical (unpaired) electrons. The SMILES string of the molecule is CCCCOC(=O)CCN1CCC2(CC1)COc1cc(OCc3ccccc3C(F)(F)F)ccc12. The third kappa shape index (κ3) is 6.10. The molecule has 0 unspecified atom stereocenters. The van der Waals surface area contributed by atoms with Gasteiger partial charge in [-0.3, -0.25) is 4.79 Å². The molecule has 0 atom stereocenters. The maximum absolute atomic E-state index is 13.2. The lowest BCUT2D eigenvalue weighted by Crippen LogP contribution is -2.44. The van der Waals surface area contributed by atoms with Crippen LogP contribution in [0, 0.1) is 0 Å². The average Bonchev–Trinajstić information content (AvgIpc) is 3.19. The smallest absolute Gasteiger partial charge is 0.416 e. The molecule has 0 bridgehead atoms. The zero-order valence-electron chi connectivity index (χ0n) is 20.0. The molecule has 35 heavy (non-hydrogen) atoms. The fourth-order valence-electron chi connectivity index (χ4n) is 4.80. The minimum Gasteiger partial charge on any atom is -0.492 e. The predicted molar refractivity (Wildman–Crippen MR) is 126 cm³/mol. The molecule has 2 aliphatic rings. The summed E-state index contributed by atoms with van der Waals surface area (Å²) in [5, 5.41) is 0. The van der Waals surface area contributed by atoms with Gasteiger partial charge in [-0.1, -0.05) is 37.6 Å². The van der Waals surface area contributed by atoms with Crippen LogP contribution in [0.5, 0.6) is 11.5 Å². The number of hydrogen-bond donors (Lipinski definition) is 0. The van der Waals surface area contributed by atoms with Crippen LogP contribution in [0.1, 0.15) is 55.7 Å². The van der Waals surface area contributed by atoms with E-state index in [1.165, 1.54) is 12.1 Å². The van der Waals surface area contributed by atoms with E-state index in [-0.39, 0.29) is 23.6 Å². The normalized spacial score (nSPS) is 17.1. The molecular formula is C27H32F3NO4. The molecule has 0 aromatic heterocycles. The molecule has 1 fully saturated rings. The molecule has 8 heteroatoms. The Morgan fingerprint density at radius 3 is 2.66 bits per heavy atom. The lowest BCUT2D eigenvalue weighted by Gasteiger charge is -2.38. The highest BCUT2D eigenvalue weighted by Gasteiger charge is 2.43. The van der Waals surface area contributed by atoms with Crippen molar-refractivity contribution in [1.29, 1.82) is 0 Å². The Balaban J connectivity index is 1.32. The van der Waals surface area contributed by atoms with Gasteiger partial charge in [-0.05, 0) is 44.5 Å². The lowest BCUT2D eigenvalue weighted by atomic mass is 9.74. The summed E-state index contributed by atoms with van der Waals surface area (Å²) in [6.45, 7) is 5.40. The monoisotopic (exact) mass is 491 g/mol. The number of rotatable bonds is 9. The zero-order valence-corrected chi connectivity index (χ0v) is 20.0. The van der Waals surface area contributed by atoms with Crippen molar-refractivity contribution in [3.05, 3.63) is 59.2 Å². The van der Waals surface area contributed by atoms with Crippen LogP contribution in [0.3, 0.4) is 0 Å². The Hall–Kier alpha value is -2.74. The number of fused-ring (bicyclic) bond motifs is 2. The average molecular weight is 492 g/mol. The number of benzene rings is 2. The van der Waals surface area contributed by atoms with Crippen molar-refractivity contribution >= 4 is 5.97 Å². The second kappa shape index (κ2) is 10.9. The van der Waals surface area contributed by atoms with Gasteiger partial charge in [0.05, 0.1) is 25.2 Å². The molecule has 0 N–H and O–H groups in total. The van der Waals surface area contributed by atoms with Gasteiger partial charge < -0.3 is 19.1 Å². The van der Waals surface area contributed by atoms with Crippen LogP contribution in [0.25, 0.3) is 0 Å². The van der Waals surface area contributed by atoms with Crippen molar-refractivity contribution in [2.24, 2.45) is 0 Å². The molecule has 5 nitrogen and oxygen atoms in total. The Kier molecular flexibility index (Phi) is 7.89. The summed E-state index contributed by atoms with van der Waals surface area (Å²) >= 11 is 0. The fraction of sp³-hybridized carbons (Fsp3) is 0.519. The molecule has 2 aliphatic heterocycles. The summed E-state index contributed by atoms with van der Waals surface area (Å²) < 4.78 is 56.6. The molecule has 1 spiro atoms. The van der Waals surface area contributed by atoms with Crippen LogP contribution in [0.15, 0.2) is 42.5 Å². The summed E-state index contributed by atoms with van der Waals surface area (Å²) in [6, 6.07) is 11.0. The van der Waals surface area contributed by atoms with Crippen LogP contribution < -0.4 is 9.47 Å². The minimum absolute atomic E-state index is 0.0745. The summed E-state index contributed by atoms with van der Waals surface area (Å²) in [4.78, 5) is 14.2. The molecule has 2 aromatic carbocycles. The standard InChI is InChI=1S/C27H32F3NO4/c1-2-3-16-33-25(32)10-13-31-14-11-26(12-15-31)19-35-24-17-21(8-9-23(24)26)34-18-20-6-4-5-7-22(20)27(28,29)30/h4-9,17H,2-3,10-16,18-19H2,1H3. The molecular weight excluding hydrogens is 459 g/mol. The number of hydrogen-bond acceptors (Lipinski definition) is 5. The number of ether oxygens (including phenoxy) is 3. The van der Waals surface area contributed by atoms with E-state index in [4.69, 9.17) is 14.2 Å². The van der Waals surface area contributed by atoms with Crippen molar-refractivity contribution in [3.63, 3.8) is 0 Å². The van der Waals surface area contributed by atoms with Crippen LogP contribution >= 0.6 is 0 Å². The van der Waals surface area contributed by atoms with Gasteiger partial charge in [-0.15, -0.1) is 0 Å². The quantitative estimate of drug-likeness (QED) is 0.331. The van der Waals surface area contributed by atoms with Gasteiger partial charge >= 0.3 is 12.1 Å². The van der Waals surface area contributed by atoms with E-state index in [9.17, 15) is 18.0 Å². The first kappa shape index (κ1) is 25.4. The van der Waals surface area contributed by atoms with Gasteiger partial charge in [0.25, 0.3) is 0 Å². The van der Waals surface area contributed by atoms with Crippen molar-refractivity contribution in [2.45, 2.75) is 57.2 Å². The molecule has 190 valence electrons. The second-order valence-corrected chi connectivity index (χ2v) is 9.34. The highest BCUT2D eigenvalue weighted by Crippen LogP contribution is 2.46. The topological polar surface area (TPSA) is 48.0 Å². The predicted octanol–water partition coefficient (Wildman–Crippen LogP) is 5.74. The molecule has 0 amide bonds. The van der Waals surface area contributed by atoms with Gasteiger partial charge in [0.2, 0.25) is 0 Å². The van der Waals surface area contributed by atoms with E-state index in [0.717, 1.165) is 56.2 Å². The van der Waals surface area contributed by atoms with Crippen LogP contribution in [0.4, 0.5) is 13.2 Å². The van der Waals surface area contributed by atoms with Crippen LogP contribution in [-0.4, -0.2) is 43.7 Å². The number of unbranched alkanes of at least 4 members (excludes halogenated alkanes) is 1. The van der Waals surface area contributed by atoms with Crippen molar-refractivity contribution < 1.29 is 32.2 Å². The van der Waals surface area contributed by atoms with E-state index in [1.807, 2.05) is 12.1 Å². The van der Waals surface area contributed by atoms with Gasteiger partial charge in [-0.25, -0.2) is 0 Å². The molecule has 2 heterocycles. The van der Waals surface area contributed by atoms with Crippen molar-refractivity contribution in [2.75, 3.05) is 32.8 Å². The number of alkyl halides is 3. The molecule has 0 saturated carbocycles. The highest BCUT2D eigenvalue weighted by atomic mass is 19.4. The maximum atomic E-state index is 13.2. The van der Waals surface area contributed by atoms with Gasteiger partial charge in [-0.2, -0.15) is 13.2 Å². The highest BCUT2D eigenvalue weighted by molar-refractivity contribution is 5.69. The molecule has 1 saturated heterocycles. The van der Waals surface area contributed by atoms with Gasteiger partial charge in [0, 0.05) is 29.2 Å². The number of carbonyl (C=O) groups is 1. The first-order valence-corrected chi connectivity index (χ1v) is 12.2. The minimum atomic E-state index is -4.42. The van der Waals surface area contributed by atoms with Crippen LogP contribution in [0.2, 0.25) is 0 Å². The summed E-state index contributed by atoms with van der Waals surface area (Å²) in [6.07, 6.45) is -0.274. The zero-order chi connectivity index (χ0) is 24.9. The number of esters is 1. The number of nitrogens with zero attached hydrogens (tertiary/aromatic N) is 1. The van der Waals surface area contributed by atoms with E-state index in [2.05, 4.69) is 11.8 Å². The largest absolute Gasteiger partial charge is 0.492 e. The first-order valence-electron chi connectivity index (χ1n) is 12.2. The number of carbonyl (C=O) groups excluding carboxylic acids is 1. The molecule has 4 rings (SSSR count). The van der Waals surface area contributed by atoms with E-state index < -0.39 is 11.7 Å². The fourth-order valence-corrected chi connectivity index (χ4v) is 4.80. The third-order valence-electron chi connectivity index (χ3n) is 6.95. The van der Waals surface area contributed by atoms with E-state index in [1.54, 1.807) is 12.1 Å². The molecule has 0 aliphatic carbocycles.